The third-order valence-electron chi connectivity index (χ3n) is 6.17. The van der Waals surface area contributed by atoms with E-state index in [1.54, 1.807) is 14.2 Å². The number of likely N-dealkylation sites (tertiary alicyclic amines) is 1. The van der Waals surface area contributed by atoms with Crippen LogP contribution in [0.3, 0.4) is 0 Å². The van der Waals surface area contributed by atoms with Crippen LogP contribution in [-0.2, 0) is 11.3 Å². The Kier molecular flexibility index (Phi) is 6.65. The number of benzene rings is 2. The Morgan fingerprint density at radius 1 is 1.12 bits per heavy atom. The quantitative estimate of drug-likeness (QED) is 0.534. The number of piperidine rings is 1. The molecule has 1 saturated heterocycles. The Balaban J connectivity index is 1.71. The zero-order valence-electron chi connectivity index (χ0n) is 18.4. The second-order valence-electron chi connectivity index (χ2n) is 8.06. The molecule has 3 aromatic rings. The number of carbonyl (C=O) groups is 1. The van der Waals surface area contributed by atoms with E-state index in [4.69, 9.17) is 15.2 Å². The van der Waals surface area contributed by atoms with Crippen LogP contribution in [0.15, 0.2) is 48.5 Å². The Bertz CT molecular complexity index is 1050. The lowest BCUT2D eigenvalue weighted by Crippen LogP contribution is -3.13. The van der Waals surface area contributed by atoms with Gasteiger partial charge in [-0.15, -0.1) is 5.10 Å². The van der Waals surface area contributed by atoms with Crippen molar-refractivity contribution >= 4 is 5.91 Å². The summed E-state index contributed by atoms with van der Waals surface area (Å²) in [7, 11) is 3.25. The Morgan fingerprint density at radius 3 is 2.50 bits per heavy atom. The molecule has 0 radical (unpaired) electrons. The minimum absolute atomic E-state index is 0.0786. The molecule has 0 saturated carbocycles. The number of rotatable bonds is 8. The molecule has 1 atom stereocenters. The smallest absolute Gasteiger partial charge is 0.220 e. The van der Waals surface area contributed by atoms with Gasteiger partial charge in [0, 0.05) is 24.3 Å². The summed E-state index contributed by atoms with van der Waals surface area (Å²) in [6, 6.07) is 15.9. The first-order valence-electron chi connectivity index (χ1n) is 10.8. The summed E-state index contributed by atoms with van der Waals surface area (Å²) in [6.07, 6.45) is 1.49. The van der Waals surface area contributed by atoms with E-state index in [9.17, 15) is 4.79 Å². The fourth-order valence-electron chi connectivity index (χ4n) is 4.45. The number of quaternary nitrogens is 1. The number of carbonyl (C=O) groups excluding carboxylic acids is 1. The van der Waals surface area contributed by atoms with Gasteiger partial charge in [-0.1, -0.05) is 30.3 Å². The maximum atomic E-state index is 11.7. The number of primary amides is 1. The van der Waals surface area contributed by atoms with Gasteiger partial charge in [0.15, 0.2) is 17.5 Å². The summed E-state index contributed by atoms with van der Waals surface area (Å²) in [5.74, 6) is 1.80. The van der Waals surface area contributed by atoms with Crippen molar-refractivity contribution < 1.29 is 19.2 Å². The number of hydrogen-bond acceptors (Lipinski definition) is 6. The highest BCUT2D eigenvalue weighted by molar-refractivity contribution is 5.76. The van der Waals surface area contributed by atoms with Gasteiger partial charge in [-0.05, 0) is 34.2 Å². The van der Waals surface area contributed by atoms with Crippen molar-refractivity contribution in [2.45, 2.75) is 25.4 Å². The maximum Gasteiger partial charge on any atom is 0.220 e. The summed E-state index contributed by atoms with van der Waals surface area (Å²) in [4.78, 5) is 13.0. The van der Waals surface area contributed by atoms with Gasteiger partial charge >= 0.3 is 0 Å². The van der Waals surface area contributed by atoms with Gasteiger partial charge in [0.05, 0.1) is 33.9 Å². The molecule has 0 aliphatic carbocycles. The highest BCUT2D eigenvalue weighted by Crippen LogP contribution is 2.31. The predicted molar refractivity (Wildman–Crippen MR) is 117 cm³/mol. The van der Waals surface area contributed by atoms with Gasteiger partial charge in [-0.25, -0.2) is 4.68 Å². The van der Waals surface area contributed by atoms with Crippen molar-refractivity contribution in [3.8, 4) is 11.5 Å². The first kappa shape index (κ1) is 21.8. The molecule has 0 unspecified atom stereocenters. The van der Waals surface area contributed by atoms with Gasteiger partial charge in [-0.2, -0.15) is 0 Å². The average molecular weight is 438 g/mol. The topological polar surface area (TPSA) is 110 Å². The fraction of sp³-hybridized carbons (Fsp3) is 0.391. The molecule has 3 N–H and O–H groups in total. The minimum Gasteiger partial charge on any atom is -0.493 e. The van der Waals surface area contributed by atoms with Crippen molar-refractivity contribution in [3.05, 3.63) is 65.5 Å². The standard InChI is InChI=1S/C23H28N6O3/c1-31-19-9-8-18(14-20(19)32-2)21(28-12-10-17(11-13-28)22(24)30)23-25-26-27-29(23)15-16-6-4-3-5-7-16/h3-9,14,17,21H,10-13,15H2,1-2H3,(H2,24,30)/p+1/t21-/m1/s1. The Morgan fingerprint density at radius 2 is 1.84 bits per heavy atom. The molecule has 2 heterocycles. The van der Waals surface area contributed by atoms with E-state index < -0.39 is 0 Å². The average Bonchev–Trinajstić information content (AvgIpc) is 3.27. The van der Waals surface area contributed by atoms with Crippen LogP contribution in [0, 0.1) is 5.92 Å². The number of aromatic nitrogens is 4. The number of nitrogens with zero attached hydrogens (tertiary/aromatic N) is 4. The lowest BCUT2D eigenvalue weighted by Gasteiger charge is -2.33. The van der Waals surface area contributed by atoms with Crippen LogP contribution in [0.25, 0.3) is 0 Å². The molecule has 1 fully saturated rings. The molecule has 9 heteroatoms. The normalized spacial score (nSPS) is 19.3. The maximum absolute atomic E-state index is 11.7. The van der Waals surface area contributed by atoms with E-state index in [2.05, 4.69) is 27.7 Å². The van der Waals surface area contributed by atoms with E-state index >= 15 is 0 Å². The van der Waals surface area contributed by atoms with Gasteiger partial charge in [0.2, 0.25) is 11.7 Å². The van der Waals surface area contributed by atoms with Gasteiger partial charge in [0.25, 0.3) is 0 Å². The summed E-state index contributed by atoms with van der Waals surface area (Å²) in [6.45, 7) is 2.17. The van der Waals surface area contributed by atoms with Crippen molar-refractivity contribution in [2.24, 2.45) is 11.7 Å². The zero-order valence-corrected chi connectivity index (χ0v) is 18.4. The van der Waals surface area contributed by atoms with E-state index in [0.29, 0.717) is 18.0 Å². The number of nitrogens with one attached hydrogen (secondary N) is 1. The molecule has 1 aromatic heterocycles. The molecule has 2 aromatic carbocycles. The molecule has 1 aliphatic rings. The zero-order chi connectivity index (χ0) is 22.5. The molecule has 168 valence electrons. The lowest BCUT2D eigenvalue weighted by atomic mass is 9.93. The first-order chi connectivity index (χ1) is 15.6. The molecule has 1 aliphatic heterocycles. The van der Waals surface area contributed by atoms with Crippen LogP contribution < -0.4 is 20.1 Å². The lowest BCUT2D eigenvalue weighted by molar-refractivity contribution is -0.931. The molecular weight excluding hydrogens is 408 g/mol. The Labute approximate surface area is 187 Å². The van der Waals surface area contributed by atoms with E-state index in [1.807, 2.05) is 41.1 Å². The third-order valence-corrected chi connectivity index (χ3v) is 6.17. The molecular formula is C23H29N6O3+. The summed E-state index contributed by atoms with van der Waals surface area (Å²) < 4.78 is 12.8. The van der Waals surface area contributed by atoms with Crippen molar-refractivity contribution in [1.29, 1.82) is 0 Å². The molecule has 0 spiro atoms. The van der Waals surface area contributed by atoms with E-state index in [0.717, 1.165) is 42.9 Å². The number of tetrazole rings is 1. The van der Waals surface area contributed by atoms with Gasteiger partial charge < -0.3 is 20.1 Å². The first-order valence-corrected chi connectivity index (χ1v) is 10.8. The molecule has 32 heavy (non-hydrogen) atoms. The van der Waals surface area contributed by atoms with Crippen molar-refractivity contribution in [2.75, 3.05) is 27.3 Å². The highest BCUT2D eigenvalue weighted by Gasteiger charge is 2.36. The number of hydrogen-bond donors (Lipinski definition) is 2. The van der Waals surface area contributed by atoms with E-state index in [-0.39, 0.29) is 17.9 Å². The number of nitrogens with two attached hydrogens (primary N) is 1. The van der Waals surface area contributed by atoms with Crippen LogP contribution >= 0.6 is 0 Å². The van der Waals surface area contributed by atoms with Crippen LogP contribution in [-0.4, -0.2) is 53.4 Å². The number of methoxy groups -OCH3 is 2. The molecule has 4 rings (SSSR count). The minimum atomic E-state index is -0.222. The van der Waals surface area contributed by atoms with Crippen LogP contribution in [0.1, 0.15) is 35.8 Å². The van der Waals surface area contributed by atoms with E-state index in [1.165, 1.54) is 4.90 Å². The number of ether oxygens (including phenoxy) is 2. The van der Waals surface area contributed by atoms with Gasteiger partial charge in [0.1, 0.15) is 0 Å². The summed E-state index contributed by atoms with van der Waals surface area (Å²) >= 11 is 0. The monoisotopic (exact) mass is 437 g/mol. The second-order valence-corrected chi connectivity index (χ2v) is 8.06. The molecule has 9 nitrogen and oxygen atoms in total. The van der Waals surface area contributed by atoms with Crippen LogP contribution in [0.5, 0.6) is 11.5 Å². The van der Waals surface area contributed by atoms with Crippen LogP contribution in [0.2, 0.25) is 0 Å². The van der Waals surface area contributed by atoms with Crippen molar-refractivity contribution in [3.63, 3.8) is 0 Å². The SMILES string of the molecule is COc1ccc([C@H](c2nnnn2Cc2ccccc2)[NH+]2CCC(C(N)=O)CC2)cc1OC. The van der Waals surface area contributed by atoms with Crippen LogP contribution in [0.4, 0.5) is 0 Å². The number of amides is 1. The third kappa shape index (κ3) is 4.57. The highest BCUT2D eigenvalue weighted by atomic mass is 16.5. The largest absolute Gasteiger partial charge is 0.493 e. The summed E-state index contributed by atoms with van der Waals surface area (Å²) in [5.41, 5.74) is 7.71. The van der Waals surface area contributed by atoms with Gasteiger partial charge in [-0.3, -0.25) is 4.79 Å². The molecule has 0 bridgehead atoms. The van der Waals surface area contributed by atoms with Crippen molar-refractivity contribution in [1.82, 2.24) is 20.2 Å². The second kappa shape index (κ2) is 9.78. The summed E-state index contributed by atoms with van der Waals surface area (Å²) in [5, 5.41) is 12.7. The Hall–Kier alpha value is -3.46. The fourth-order valence-corrected chi connectivity index (χ4v) is 4.45. The molecule has 1 amide bonds. The predicted octanol–water partition coefficient (Wildman–Crippen LogP) is 0.608.